The van der Waals surface area contributed by atoms with Crippen LogP contribution in [-0.2, 0) is 0 Å². The second-order valence-electron chi connectivity index (χ2n) is 5.40. The highest BCUT2D eigenvalue weighted by Crippen LogP contribution is 2.28. The highest BCUT2D eigenvalue weighted by molar-refractivity contribution is 6.24. The Balaban J connectivity index is 2.74. The first kappa shape index (κ1) is 17.5. The van der Waals surface area contributed by atoms with E-state index < -0.39 is 0 Å². The van der Waals surface area contributed by atoms with Crippen LogP contribution < -0.4 is 0 Å². The molecule has 0 aliphatic carbocycles. The van der Waals surface area contributed by atoms with E-state index >= 15 is 0 Å². The maximum absolute atomic E-state index is 6.12. The number of hydrogen-bond acceptors (Lipinski definition) is 2. The highest BCUT2D eigenvalue weighted by atomic mass is 16.3. The molecule has 1 aromatic heterocycles. The summed E-state index contributed by atoms with van der Waals surface area (Å²) in [5.41, 5.74) is 4.58. The number of allylic oxidation sites excluding steroid dienone is 7. The summed E-state index contributed by atoms with van der Waals surface area (Å²) in [7, 11) is 1.97. The van der Waals surface area contributed by atoms with Gasteiger partial charge in [-0.25, -0.2) is 0 Å². The lowest BCUT2D eigenvalue weighted by molar-refractivity contribution is 0.602. The molecule has 120 valence electrons. The van der Waals surface area contributed by atoms with Crippen LogP contribution in [0, 0.1) is 6.92 Å². The van der Waals surface area contributed by atoms with Crippen LogP contribution in [0.3, 0.4) is 0 Å². The van der Waals surface area contributed by atoms with Gasteiger partial charge >= 0.3 is 0 Å². The number of aliphatic imine (C=N–C) groups is 1. The Bertz CT molecular complexity index is 878. The van der Waals surface area contributed by atoms with E-state index in [1.807, 2.05) is 57.3 Å². The Kier molecular flexibility index (Phi) is 5.97. The van der Waals surface area contributed by atoms with Gasteiger partial charge in [0.1, 0.15) is 11.3 Å². The zero-order valence-electron chi connectivity index (χ0n) is 14.5. The van der Waals surface area contributed by atoms with Gasteiger partial charge in [0.05, 0.1) is 0 Å². The minimum absolute atomic E-state index is 0.777. The summed E-state index contributed by atoms with van der Waals surface area (Å²) in [6.45, 7) is 11.6. The molecule has 2 aromatic rings. The van der Waals surface area contributed by atoms with E-state index in [2.05, 4.69) is 26.1 Å². The van der Waals surface area contributed by atoms with Crippen LogP contribution in [0.1, 0.15) is 18.2 Å². The molecule has 1 aromatic carbocycles. The molecule has 24 heavy (non-hydrogen) atoms. The zero-order chi connectivity index (χ0) is 17.5. The minimum atomic E-state index is 0.777. The molecule has 0 N–H and O–H groups in total. The molecule has 3 heteroatoms. The highest BCUT2D eigenvalue weighted by Gasteiger charge is 2.18. The van der Waals surface area contributed by atoms with Gasteiger partial charge in [-0.3, -0.25) is 4.99 Å². The van der Waals surface area contributed by atoms with E-state index in [9.17, 15) is 0 Å². The molecule has 0 atom stereocenters. The molecular weight excluding hydrogens is 293 g/mol. The van der Waals surface area contributed by atoms with Crippen molar-refractivity contribution in [3.8, 4) is 0 Å². The predicted molar refractivity (Wildman–Crippen MR) is 107 cm³/mol. The van der Waals surface area contributed by atoms with E-state index in [1.54, 1.807) is 12.2 Å². The summed E-state index contributed by atoms with van der Waals surface area (Å²) >= 11 is 0. The standard InChI is InChI=1S/C21H22BNO/c1-5-8-12-16(11-6-2)20(23-19(22)7-3)21-15(4)17-13-9-10-14-18(17)24-21/h5-14H,1-2,22H2,3-4H3/b12-8-,16-11+,19-7-,23-20-. The SMILES string of the molecule is BC(=C/C)/N=C(C(/C=C\C=C)=C/C=C)\c1oc2ccccc2c1C. The Labute approximate surface area is 144 Å². The molecular formula is C21H22BNO. The largest absolute Gasteiger partial charge is 0.454 e. The molecule has 0 aliphatic heterocycles. The molecule has 0 fully saturated rings. The van der Waals surface area contributed by atoms with Crippen molar-refractivity contribution in [2.75, 3.05) is 0 Å². The Morgan fingerprint density at radius 3 is 2.58 bits per heavy atom. The Morgan fingerprint density at radius 2 is 1.96 bits per heavy atom. The lowest BCUT2D eigenvalue weighted by Crippen LogP contribution is -2.05. The molecule has 2 rings (SSSR count). The monoisotopic (exact) mass is 315 g/mol. The quantitative estimate of drug-likeness (QED) is 0.424. The first-order valence-corrected chi connectivity index (χ1v) is 7.94. The third kappa shape index (κ3) is 3.74. The van der Waals surface area contributed by atoms with E-state index in [0.29, 0.717) is 0 Å². The molecule has 0 amide bonds. The van der Waals surface area contributed by atoms with Crippen LogP contribution in [0.25, 0.3) is 11.0 Å². The molecule has 0 spiro atoms. The van der Waals surface area contributed by atoms with Gasteiger partial charge in [-0.05, 0) is 25.5 Å². The lowest BCUT2D eigenvalue weighted by Gasteiger charge is -2.07. The van der Waals surface area contributed by atoms with Crippen molar-refractivity contribution >= 4 is 24.5 Å². The summed E-state index contributed by atoms with van der Waals surface area (Å²) in [6, 6.07) is 8.03. The fourth-order valence-corrected chi connectivity index (χ4v) is 2.40. The van der Waals surface area contributed by atoms with Gasteiger partial charge in [-0.2, -0.15) is 0 Å². The van der Waals surface area contributed by atoms with Crippen molar-refractivity contribution in [1.82, 2.24) is 0 Å². The minimum Gasteiger partial charge on any atom is -0.454 e. The second-order valence-corrected chi connectivity index (χ2v) is 5.40. The molecule has 0 aliphatic rings. The fraction of sp³-hybridized carbons (Fsp3) is 0.0952. The average molecular weight is 315 g/mol. The Morgan fingerprint density at radius 1 is 1.21 bits per heavy atom. The predicted octanol–water partition coefficient (Wildman–Crippen LogP) is 4.88. The average Bonchev–Trinajstić information content (AvgIpc) is 2.93. The molecule has 0 saturated heterocycles. The van der Waals surface area contributed by atoms with Gasteiger partial charge in [0.2, 0.25) is 0 Å². The fourth-order valence-electron chi connectivity index (χ4n) is 2.40. The number of para-hydroxylation sites is 1. The van der Waals surface area contributed by atoms with Crippen LogP contribution in [-0.4, -0.2) is 13.6 Å². The van der Waals surface area contributed by atoms with Crippen LogP contribution in [0.2, 0.25) is 0 Å². The maximum Gasteiger partial charge on any atom is 0.163 e. The van der Waals surface area contributed by atoms with Crippen molar-refractivity contribution in [1.29, 1.82) is 0 Å². The smallest absolute Gasteiger partial charge is 0.163 e. The molecule has 1 heterocycles. The third-order valence-corrected chi connectivity index (χ3v) is 3.75. The molecule has 0 saturated carbocycles. The second kappa shape index (κ2) is 8.16. The number of nitrogens with zero attached hydrogens (tertiary/aromatic N) is 1. The Hall–Kier alpha value is -2.81. The topological polar surface area (TPSA) is 25.5 Å². The van der Waals surface area contributed by atoms with Gasteiger partial charge in [-0.1, -0.05) is 67.8 Å². The molecule has 2 nitrogen and oxygen atoms in total. The van der Waals surface area contributed by atoms with Crippen molar-refractivity contribution in [2.45, 2.75) is 13.8 Å². The van der Waals surface area contributed by atoms with E-state index in [-0.39, 0.29) is 0 Å². The number of hydrogen-bond donors (Lipinski definition) is 0. The van der Waals surface area contributed by atoms with E-state index in [4.69, 9.17) is 9.41 Å². The van der Waals surface area contributed by atoms with Gasteiger partial charge in [0.15, 0.2) is 13.6 Å². The summed E-state index contributed by atoms with van der Waals surface area (Å²) in [5.74, 6) is 0.777. The van der Waals surface area contributed by atoms with Crippen LogP contribution in [0.15, 0.2) is 94.5 Å². The first-order valence-electron chi connectivity index (χ1n) is 7.94. The number of fused-ring (bicyclic) bond motifs is 1. The molecule has 0 bridgehead atoms. The van der Waals surface area contributed by atoms with Crippen LogP contribution >= 0.6 is 0 Å². The number of furan rings is 1. The van der Waals surface area contributed by atoms with Gasteiger partial charge in [0.25, 0.3) is 0 Å². The van der Waals surface area contributed by atoms with Crippen molar-refractivity contribution < 1.29 is 4.42 Å². The van der Waals surface area contributed by atoms with Crippen molar-refractivity contribution in [2.24, 2.45) is 4.99 Å². The lowest BCUT2D eigenvalue weighted by atomic mass is 10.00. The number of benzene rings is 1. The van der Waals surface area contributed by atoms with Gasteiger partial charge in [-0.15, -0.1) is 0 Å². The first-order chi connectivity index (χ1) is 11.6. The third-order valence-electron chi connectivity index (χ3n) is 3.75. The zero-order valence-corrected chi connectivity index (χ0v) is 14.5. The summed E-state index contributed by atoms with van der Waals surface area (Å²) in [5, 5.41) is 1.10. The molecule has 0 unspecified atom stereocenters. The van der Waals surface area contributed by atoms with E-state index in [1.165, 1.54) is 0 Å². The number of rotatable bonds is 6. The summed E-state index contributed by atoms with van der Waals surface area (Å²) in [4.78, 5) is 4.78. The summed E-state index contributed by atoms with van der Waals surface area (Å²) in [6.07, 6.45) is 11.2. The van der Waals surface area contributed by atoms with E-state index in [0.717, 1.165) is 39.2 Å². The number of aryl methyl sites for hydroxylation is 1. The van der Waals surface area contributed by atoms with Crippen LogP contribution in [0.5, 0.6) is 0 Å². The van der Waals surface area contributed by atoms with Gasteiger partial charge in [0, 0.05) is 16.5 Å². The van der Waals surface area contributed by atoms with Crippen LogP contribution in [0.4, 0.5) is 0 Å². The van der Waals surface area contributed by atoms with Crippen molar-refractivity contribution in [3.05, 3.63) is 96.4 Å². The van der Waals surface area contributed by atoms with Gasteiger partial charge < -0.3 is 4.42 Å². The summed E-state index contributed by atoms with van der Waals surface area (Å²) < 4.78 is 6.12. The van der Waals surface area contributed by atoms with Crippen molar-refractivity contribution in [3.63, 3.8) is 0 Å². The normalized spacial score (nSPS) is 13.7. The maximum atomic E-state index is 6.12. The molecule has 0 radical (unpaired) electrons.